The van der Waals surface area contributed by atoms with Gasteiger partial charge in [0, 0.05) is 18.7 Å². The first-order chi connectivity index (χ1) is 10.1. The summed E-state index contributed by atoms with van der Waals surface area (Å²) in [5.74, 6) is 1.08. The fourth-order valence-corrected chi connectivity index (χ4v) is 3.29. The van der Waals surface area contributed by atoms with E-state index < -0.39 is 0 Å². The number of likely N-dealkylation sites (tertiary alicyclic amines) is 1. The molecule has 2 N–H and O–H groups in total. The zero-order valence-electron chi connectivity index (χ0n) is 12.7. The molecule has 0 aromatic heterocycles. The van der Waals surface area contributed by atoms with Crippen LogP contribution in [0.4, 0.5) is 0 Å². The van der Waals surface area contributed by atoms with Crippen molar-refractivity contribution in [3.05, 3.63) is 29.8 Å². The quantitative estimate of drug-likeness (QED) is 0.907. The van der Waals surface area contributed by atoms with Crippen LogP contribution in [0.2, 0.25) is 0 Å². The normalized spacial score (nSPS) is 24.1. The molecule has 21 heavy (non-hydrogen) atoms. The molecule has 1 aromatic rings. The Balaban J connectivity index is 1.73. The number of ether oxygens (including phenoxy) is 1. The van der Waals surface area contributed by atoms with Crippen LogP contribution >= 0.6 is 0 Å². The Kier molecular flexibility index (Phi) is 3.89. The maximum Gasteiger partial charge on any atom is 0.230 e. The number of para-hydroxylation sites is 1. The number of hydrogen-bond donors (Lipinski definition) is 1. The zero-order valence-corrected chi connectivity index (χ0v) is 12.7. The number of benzene rings is 1. The highest BCUT2D eigenvalue weighted by Crippen LogP contribution is 2.36. The molecule has 2 aliphatic rings. The van der Waals surface area contributed by atoms with Gasteiger partial charge in [0.05, 0.1) is 12.5 Å². The lowest BCUT2D eigenvalue weighted by Gasteiger charge is -2.40. The lowest BCUT2D eigenvalue weighted by atomic mass is 9.80. The van der Waals surface area contributed by atoms with E-state index in [1.807, 2.05) is 29.2 Å². The first-order valence-corrected chi connectivity index (χ1v) is 7.83. The second kappa shape index (κ2) is 5.68. The molecule has 1 unspecified atom stereocenters. The van der Waals surface area contributed by atoms with Crippen LogP contribution in [-0.4, -0.2) is 37.0 Å². The van der Waals surface area contributed by atoms with Gasteiger partial charge in [-0.15, -0.1) is 0 Å². The minimum Gasteiger partial charge on any atom is -0.493 e. The minimum atomic E-state index is -0.0443. The lowest BCUT2D eigenvalue weighted by molar-refractivity contribution is -0.135. The molecule has 0 spiro atoms. The van der Waals surface area contributed by atoms with E-state index in [4.69, 9.17) is 10.5 Å². The van der Waals surface area contributed by atoms with Gasteiger partial charge in [-0.3, -0.25) is 4.79 Å². The Hall–Kier alpha value is -1.55. The summed E-state index contributed by atoms with van der Waals surface area (Å²) in [6, 6.07) is 7.91. The molecule has 0 bridgehead atoms. The van der Waals surface area contributed by atoms with E-state index >= 15 is 0 Å². The number of carbonyl (C=O) groups is 1. The maximum atomic E-state index is 12.9. The van der Waals surface area contributed by atoms with Crippen LogP contribution in [0.25, 0.3) is 0 Å². The minimum absolute atomic E-state index is 0.0443. The number of hydrogen-bond acceptors (Lipinski definition) is 3. The highest BCUT2D eigenvalue weighted by molar-refractivity contribution is 5.85. The molecule has 1 aromatic carbocycles. The number of rotatable bonds is 2. The van der Waals surface area contributed by atoms with Crippen molar-refractivity contribution in [1.82, 2.24) is 4.90 Å². The van der Waals surface area contributed by atoms with Crippen molar-refractivity contribution >= 4 is 5.91 Å². The van der Waals surface area contributed by atoms with Gasteiger partial charge in [-0.25, -0.2) is 0 Å². The topological polar surface area (TPSA) is 55.6 Å². The third kappa shape index (κ3) is 2.77. The number of nitrogens with two attached hydrogens (primary N) is 1. The summed E-state index contributed by atoms with van der Waals surface area (Å²) in [5, 5.41) is 0. The number of carbonyl (C=O) groups excluding carboxylic acids is 1. The van der Waals surface area contributed by atoms with Gasteiger partial charge in [0.15, 0.2) is 0 Å². The Morgan fingerprint density at radius 1 is 1.38 bits per heavy atom. The Morgan fingerprint density at radius 3 is 2.81 bits per heavy atom. The third-order valence-electron chi connectivity index (χ3n) is 5.03. The fraction of sp³-hybridized carbons (Fsp3) is 0.588. The summed E-state index contributed by atoms with van der Waals surface area (Å²) < 4.78 is 5.65. The SMILES string of the molecule is CC1(CN)CCN(C(=O)C2CCOc3ccccc32)CC1. The maximum absolute atomic E-state index is 12.9. The van der Waals surface area contributed by atoms with Crippen molar-refractivity contribution in [3.63, 3.8) is 0 Å². The number of nitrogens with zero attached hydrogens (tertiary/aromatic N) is 1. The van der Waals surface area contributed by atoms with Crippen LogP contribution in [0, 0.1) is 5.41 Å². The van der Waals surface area contributed by atoms with Crippen LogP contribution in [0.5, 0.6) is 5.75 Å². The highest BCUT2D eigenvalue weighted by atomic mass is 16.5. The molecule has 0 aliphatic carbocycles. The molecule has 3 rings (SSSR count). The van der Waals surface area contributed by atoms with Crippen molar-refractivity contribution in [2.24, 2.45) is 11.1 Å². The molecule has 4 heteroatoms. The predicted octanol–water partition coefficient (Wildman–Crippen LogP) is 2.14. The molecule has 114 valence electrons. The molecule has 2 aliphatic heterocycles. The summed E-state index contributed by atoms with van der Waals surface area (Å²) in [4.78, 5) is 14.9. The largest absolute Gasteiger partial charge is 0.493 e. The molecule has 1 fully saturated rings. The van der Waals surface area contributed by atoms with Crippen molar-refractivity contribution in [1.29, 1.82) is 0 Å². The van der Waals surface area contributed by atoms with Gasteiger partial charge in [0.25, 0.3) is 0 Å². The molecule has 1 amide bonds. The first-order valence-electron chi connectivity index (χ1n) is 7.83. The summed E-state index contributed by atoms with van der Waals surface area (Å²) in [6.45, 7) is 5.20. The summed E-state index contributed by atoms with van der Waals surface area (Å²) in [7, 11) is 0. The van der Waals surface area contributed by atoms with E-state index in [0.29, 0.717) is 13.2 Å². The van der Waals surface area contributed by atoms with Crippen LogP contribution in [0.1, 0.15) is 37.7 Å². The molecule has 0 saturated carbocycles. The van der Waals surface area contributed by atoms with Gasteiger partial charge < -0.3 is 15.4 Å². The van der Waals surface area contributed by atoms with Crippen molar-refractivity contribution in [2.75, 3.05) is 26.2 Å². The second-order valence-electron chi connectivity index (χ2n) is 6.57. The van der Waals surface area contributed by atoms with Crippen LogP contribution in [0.3, 0.4) is 0 Å². The van der Waals surface area contributed by atoms with Crippen LogP contribution in [-0.2, 0) is 4.79 Å². The number of fused-ring (bicyclic) bond motifs is 1. The van der Waals surface area contributed by atoms with Crippen LogP contribution < -0.4 is 10.5 Å². The van der Waals surface area contributed by atoms with E-state index in [1.54, 1.807) is 0 Å². The van der Waals surface area contributed by atoms with Gasteiger partial charge >= 0.3 is 0 Å². The van der Waals surface area contributed by atoms with E-state index in [0.717, 1.165) is 43.7 Å². The van der Waals surface area contributed by atoms with E-state index in [1.165, 1.54) is 0 Å². The molecular formula is C17H24N2O2. The molecule has 1 atom stereocenters. The lowest BCUT2D eigenvalue weighted by Crippen LogP contribution is -2.46. The molecule has 1 saturated heterocycles. The molecular weight excluding hydrogens is 264 g/mol. The van der Waals surface area contributed by atoms with Crippen molar-refractivity contribution < 1.29 is 9.53 Å². The van der Waals surface area contributed by atoms with Crippen molar-refractivity contribution in [2.45, 2.75) is 32.1 Å². The summed E-state index contributed by atoms with van der Waals surface area (Å²) in [6.07, 6.45) is 2.78. The van der Waals surface area contributed by atoms with E-state index in [2.05, 4.69) is 6.92 Å². The Bertz CT molecular complexity index is 521. The zero-order chi connectivity index (χ0) is 14.9. The van der Waals surface area contributed by atoms with Gasteiger partial charge in [0.2, 0.25) is 5.91 Å². The molecule has 4 nitrogen and oxygen atoms in total. The smallest absolute Gasteiger partial charge is 0.230 e. The predicted molar refractivity (Wildman–Crippen MR) is 82.3 cm³/mol. The van der Waals surface area contributed by atoms with Gasteiger partial charge in [-0.1, -0.05) is 25.1 Å². The molecule has 2 heterocycles. The monoisotopic (exact) mass is 288 g/mol. The Morgan fingerprint density at radius 2 is 2.10 bits per heavy atom. The van der Waals surface area contributed by atoms with Crippen molar-refractivity contribution in [3.8, 4) is 5.75 Å². The second-order valence-corrected chi connectivity index (χ2v) is 6.57. The third-order valence-corrected chi connectivity index (χ3v) is 5.03. The number of piperidine rings is 1. The highest BCUT2D eigenvalue weighted by Gasteiger charge is 2.35. The van der Waals surface area contributed by atoms with Gasteiger partial charge in [-0.2, -0.15) is 0 Å². The van der Waals surface area contributed by atoms with Gasteiger partial charge in [0.1, 0.15) is 5.75 Å². The fourth-order valence-electron chi connectivity index (χ4n) is 3.29. The summed E-state index contributed by atoms with van der Waals surface area (Å²) in [5.41, 5.74) is 7.09. The number of amides is 1. The van der Waals surface area contributed by atoms with Gasteiger partial charge in [-0.05, 0) is 37.3 Å². The average molecular weight is 288 g/mol. The molecule has 0 radical (unpaired) electrons. The van der Waals surface area contributed by atoms with Crippen LogP contribution in [0.15, 0.2) is 24.3 Å². The Labute approximate surface area is 126 Å². The summed E-state index contributed by atoms with van der Waals surface area (Å²) >= 11 is 0. The standard InChI is InChI=1S/C17H24N2O2/c1-17(12-18)7-9-19(10-8-17)16(20)14-6-11-21-15-5-3-2-4-13(14)15/h2-5,14H,6-12,18H2,1H3. The van der Waals surface area contributed by atoms with E-state index in [-0.39, 0.29) is 17.2 Å². The first kappa shape index (κ1) is 14.4. The average Bonchev–Trinajstić information content (AvgIpc) is 2.54. The van der Waals surface area contributed by atoms with E-state index in [9.17, 15) is 4.79 Å².